The van der Waals surface area contributed by atoms with Crippen LogP contribution in [0.3, 0.4) is 0 Å². The van der Waals surface area contributed by atoms with Crippen molar-refractivity contribution in [3.63, 3.8) is 0 Å². The van der Waals surface area contributed by atoms with E-state index >= 15 is 0 Å². The van der Waals surface area contributed by atoms with Gasteiger partial charge in [0.05, 0.1) is 11.1 Å². The third-order valence-corrected chi connectivity index (χ3v) is 4.50. The molecule has 0 saturated heterocycles. The maximum absolute atomic E-state index is 11.9. The number of rotatable bonds is 3. The number of hydrogen-bond acceptors (Lipinski definition) is 4. The second-order valence-electron chi connectivity index (χ2n) is 8.59. The van der Waals surface area contributed by atoms with Gasteiger partial charge in [-0.15, -0.1) is 0 Å². The molecule has 0 amide bonds. The molecule has 2 aromatic rings. The van der Waals surface area contributed by atoms with Crippen molar-refractivity contribution < 1.29 is 19.8 Å². The normalized spacial score (nSPS) is 12.1. The summed E-state index contributed by atoms with van der Waals surface area (Å²) in [5.41, 5.74) is 2.06. The molecule has 0 bridgehead atoms. The van der Waals surface area contributed by atoms with Crippen molar-refractivity contribution in [3.8, 4) is 22.6 Å². The lowest BCUT2D eigenvalue weighted by atomic mass is 9.72. The van der Waals surface area contributed by atoms with E-state index in [1.807, 2.05) is 47.6 Å². The van der Waals surface area contributed by atoms with Crippen LogP contribution in [-0.2, 0) is 10.8 Å². The summed E-state index contributed by atoms with van der Waals surface area (Å²) in [6, 6.07) is 6.56. The lowest BCUT2D eigenvalue weighted by Crippen LogP contribution is -2.24. The van der Waals surface area contributed by atoms with Gasteiger partial charge in [0.25, 0.3) is 0 Å². The van der Waals surface area contributed by atoms with E-state index in [1.165, 1.54) is 6.07 Å². The zero-order chi connectivity index (χ0) is 19.9. The van der Waals surface area contributed by atoms with Crippen LogP contribution in [-0.4, -0.2) is 22.8 Å². The number of phenols is 2. The van der Waals surface area contributed by atoms with E-state index in [9.17, 15) is 19.8 Å². The van der Waals surface area contributed by atoms with Gasteiger partial charge in [0, 0.05) is 11.1 Å². The van der Waals surface area contributed by atoms with Gasteiger partial charge in [0.15, 0.2) is 12.6 Å². The van der Waals surface area contributed by atoms with Crippen LogP contribution in [0, 0.1) is 0 Å². The average Bonchev–Trinajstić information content (AvgIpc) is 2.53. The molecule has 4 heteroatoms. The van der Waals surface area contributed by atoms with Gasteiger partial charge in [-0.3, -0.25) is 9.59 Å². The second-order valence-corrected chi connectivity index (χ2v) is 8.59. The van der Waals surface area contributed by atoms with Crippen molar-refractivity contribution in [2.24, 2.45) is 0 Å². The number of para-hydroxylation sites is 1. The number of benzene rings is 2. The van der Waals surface area contributed by atoms with Crippen LogP contribution in [0.2, 0.25) is 0 Å². The molecule has 2 N–H and O–H groups in total. The molecule has 0 radical (unpaired) electrons. The Morgan fingerprint density at radius 1 is 0.808 bits per heavy atom. The van der Waals surface area contributed by atoms with E-state index in [2.05, 4.69) is 0 Å². The largest absolute Gasteiger partial charge is 0.507 e. The first-order valence-corrected chi connectivity index (χ1v) is 8.57. The molecule has 26 heavy (non-hydrogen) atoms. The van der Waals surface area contributed by atoms with Crippen LogP contribution in [0.15, 0.2) is 24.3 Å². The van der Waals surface area contributed by atoms with E-state index in [0.717, 1.165) is 11.1 Å². The maximum Gasteiger partial charge on any atom is 0.154 e. The topological polar surface area (TPSA) is 74.6 Å². The molecule has 0 unspecified atom stereocenters. The molecule has 0 heterocycles. The Morgan fingerprint density at radius 2 is 1.42 bits per heavy atom. The van der Waals surface area contributed by atoms with Gasteiger partial charge in [0.1, 0.15) is 11.5 Å². The summed E-state index contributed by atoms with van der Waals surface area (Å²) in [6.45, 7) is 12.1. The highest BCUT2D eigenvalue weighted by molar-refractivity contribution is 5.93. The van der Waals surface area contributed by atoms with E-state index in [4.69, 9.17) is 0 Å². The molecule has 0 aromatic heterocycles. The van der Waals surface area contributed by atoms with Crippen LogP contribution in [0.25, 0.3) is 11.1 Å². The molecule has 0 spiro atoms. The molecule has 138 valence electrons. The van der Waals surface area contributed by atoms with E-state index in [0.29, 0.717) is 23.7 Å². The maximum atomic E-state index is 11.9. The van der Waals surface area contributed by atoms with Gasteiger partial charge in [0.2, 0.25) is 0 Å². The van der Waals surface area contributed by atoms with Crippen LogP contribution < -0.4 is 0 Å². The number of aromatic hydroxyl groups is 2. The average molecular weight is 354 g/mol. The molecule has 2 rings (SSSR count). The first-order valence-electron chi connectivity index (χ1n) is 8.57. The van der Waals surface area contributed by atoms with Crippen molar-refractivity contribution in [1.82, 2.24) is 0 Å². The summed E-state index contributed by atoms with van der Waals surface area (Å²) in [7, 11) is 0. The molecule has 0 atom stereocenters. The quantitative estimate of drug-likeness (QED) is 0.762. The van der Waals surface area contributed by atoms with Gasteiger partial charge in [-0.05, 0) is 34.1 Å². The van der Waals surface area contributed by atoms with Gasteiger partial charge < -0.3 is 10.2 Å². The standard InChI is InChI=1S/C22H26O4/c1-21(2,3)17-10-15(14-9-7-8-13(11-23)19(14)25)20(26)16(12-24)18(17)22(4,5)6/h7-12,25-26H,1-6H3. The molecule has 0 aliphatic rings. The van der Waals surface area contributed by atoms with Gasteiger partial charge >= 0.3 is 0 Å². The van der Waals surface area contributed by atoms with Crippen molar-refractivity contribution in [3.05, 3.63) is 46.5 Å². The smallest absolute Gasteiger partial charge is 0.154 e. The van der Waals surface area contributed by atoms with Crippen LogP contribution in [0.4, 0.5) is 0 Å². The fourth-order valence-electron chi connectivity index (χ4n) is 3.29. The first kappa shape index (κ1) is 19.7. The Bertz CT molecular complexity index is 865. The van der Waals surface area contributed by atoms with Crippen molar-refractivity contribution in [2.45, 2.75) is 52.4 Å². The Hall–Kier alpha value is -2.62. The summed E-state index contributed by atoms with van der Waals surface area (Å²) >= 11 is 0. The Morgan fingerprint density at radius 3 is 1.88 bits per heavy atom. The van der Waals surface area contributed by atoms with Gasteiger partial charge in [-0.25, -0.2) is 0 Å². The molecule has 2 aromatic carbocycles. The summed E-state index contributed by atoms with van der Waals surface area (Å²) in [5, 5.41) is 21.3. The van der Waals surface area contributed by atoms with Crippen LogP contribution in [0.1, 0.15) is 73.4 Å². The Labute approximate surface area is 154 Å². The molecule has 0 fully saturated rings. The third-order valence-electron chi connectivity index (χ3n) is 4.50. The Balaban J connectivity index is 2.99. The lowest BCUT2D eigenvalue weighted by Gasteiger charge is -2.32. The zero-order valence-corrected chi connectivity index (χ0v) is 16.2. The number of phenolic OH excluding ortho intramolecular Hbond substituents is 2. The van der Waals surface area contributed by atoms with Gasteiger partial charge in [-0.2, -0.15) is 0 Å². The highest BCUT2D eigenvalue weighted by Crippen LogP contribution is 2.46. The summed E-state index contributed by atoms with van der Waals surface area (Å²) < 4.78 is 0. The summed E-state index contributed by atoms with van der Waals surface area (Å²) in [6.07, 6.45) is 1.22. The highest BCUT2D eigenvalue weighted by Gasteiger charge is 2.31. The highest BCUT2D eigenvalue weighted by atomic mass is 16.3. The van der Waals surface area contributed by atoms with Crippen LogP contribution in [0.5, 0.6) is 11.5 Å². The molecule has 4 nitrogen and oxygen atoms in total. The Kier molecular flexibility index (Phi) is 5.00. The monoisotopic (exact) mass is 354 g/mol. The third kappa shape index (κ3) is 3.36. The summed E-state index contributed by atoms with van der Waals surface area (Å²) in [5.74, 6) is -0.394. The minimum Gasteiger partial charge on any atom is -0.507 e. The van der Waals surface area contributed by atoms with E-state index < -0.39 is 0 Å². The fraction of sp³-hybridized carbons (Fsp3) is 0.364. The zero-order valence-electron chi connectivity index (χ0n) is 16.2. The van der Waals surface area contributed by atoms with Crippen LogP contribution >= 0.6 is 0 Å². The lowest BCUT2D eigenvalue weighted by molar-refractivity contribution is 0.111. The number of carbonyl (C=O) groups is 2. The fourth-order valence-corrected chi connectivity index (χ4v) is 3.29. The molecule has 0 aliphatic heterocycles. The van der Waals surface area contributed by atoms with Gasteiger partial charge in [-0.1, -0.05) is 53.7 Å². The minimum absolute atomic E-state index is 0.131. The second kappa shape index (κ2) is 6.60. The SMILES string of the molecule is CC(C)(C)c1cc(-c2cccc(C=O)c2O)c(O)c(C=O)c1C(C)(C)C. The predicted molar refractivity (Wildman–Crippen MR) is 103 cm³/mol. The van der Waals surface area contributed by atoms with Crippen molar-refractivity contribution >= 4 is 12.6 Å². The summed E-state index contributed by atoms with van der Waals surface area (Å²) in [4.78, 5) is 23.0. The molecular weight excluding hydrogens is 328 g/mol. The molecular formula is C22H26O4. The minimum atomic E-state index is -0.360. The predicted octanol–water partition coefficient (Wildman–Crippen LogP) is 4.98. The number of carbonyl (C=O) groups excluding carboxylic acids is 2. The molecule has 0 saturated carbocycles. The van der Waals surface area contributed by atoms with Crippen molar-refractivity contribution in [1.29, 1.82) is 0 Å². The molecule has 0 aliphatic carbocycles. The van der Waals surface area contributed by atoms with E-state index in [-0.39, 0.29) is 33.5 Å². The number of aldehydes is 2. The number of hydrogen-bond donors (Lipinski definition) is 2. The van der Waals surface area contributed by atoms with Crippen molar-refractivity contribution in [2.75, 3.05) is 0 Å². The van der Waals surface area contributed by atoms with E-state index in [1.54, 1.807) is 12.1 Å². The first-order chi connectivity index (χ1) is 11.9.